The van der Waals surface area contributed by atoms with E-state index in [9.17, 15) is 19.2 Å². The minimum atomic E-state index is -1.02. The van der Waals surface area contributed by atoms with E-state index >= 15 is 0 Å². The van der Waals surface area contributed by atoms with Gasteiger partial charge in [0.05, 0.1) is 11.1 Å². The molecule has 0 aromatic heterocycles. The number of nitrogens with one attached hydrogen (secondary N) is 2. The topological polar surface area (TPSA) is 133 Å². The number of carbonyl (C=O) groups is 4. The third-order valence-corrected chi connectivity index (χ3v) is 4.96. The van der Waals surface area contributed by atoms with E-state index in [1.54, 1.807) is 0 Å². The van der Waals surface area contributed by atoms with Gasteiger partial charge < -0.3 is 20.8 Å². The molecule has 0 unspecified atom stereocenters. The Morgan fingerprint density at radius 3 is 1.09 bits per heavy atom. The number of aromatic carboxylic acids is 2. The van der Waals surface area contributed by atoms with Crippen molar-refractivity contribution in [2.45, 2.75) is 38.5 Å². The number of benzene rings is 2. The van der Waals surface area contributed by atoms with Gasteiger partial charge in [-0.05, 0) is 61.4 Å². The van der Waals surface area contributed by atoms with Gasteiger partial charge in [0, 0.05) is 24.2 Å². The molecule has 0 bridgehead atoms. The molecule has 0 aliphatic carbocycles. The van der Waals surface area contributed by atoms with Crippen LogP contribution in [0.1, 0.15) is 80.0 Å². The molecule has 2 amide bonds. The van der Waals surface area contributed by atoms with Gasteiger partial charge in [-0.1, -0.05) is 25.7 Å². The Hall–Kier alpha value is -3.68. The number of unbranched alkanes of at least 4 members (excludes halogenated alkanes) is 5. The lowest BCUT2D eigenvalue weighted by Gasteiger charge is -2.07. The van der Waals surface area contributed by atoms with Crippen LogP contribution in [0.3, 0.4) is 0 Å². The molecule has 0 saturated heterocycles. The molecule has 0 aliphatic heterocycles. The molecule has 0 atom stereocenters. The molecule has 2 rings (SSSR count). The van der Waals surface area contributed by atoms with Gasteiger partial charge in [0.1, 0.15) is 0 Å². The zero-order valence-electron chi connectivity index (χ0n) is 17.8. The average molecular weight is 440 g/mol. The fraction of sp³-hybridized carbons (Fsp3) is 0.333. The van der Waals surface area contributed by atoms with Crippen LogP contribution in [0, 0.1) is 0 Å². The number of carboxylic acids is 2. The minimum absolute atomic E-state index is 0.149. The van der Waals surface area contributed by atoms with Crippen LogP contribution >= 0.6 is 0 Å². The third-order valence-electron chi connectivity index (χ3n) is 4.96. The summed E-state index contributed by atoms with van der Waals surface area (Å²) in [5.41, 5.74) is 1.18. The lowest BCUT2D eigenvalue weighted by atomic mass is 10.1. The van der Waals surface area contributed by atoms with Gasteiger partial charge in [-0.25, -0.2) is 9.59 Å². The fourth-order valence-electron chi connectivity index (χ4n) is 3.09. The third kappa shape index (κ3) is 8.22. The molecular weight excluding hydrogens is 412 g/mol. The Balaban J connectivity index is 1.49. The summed E-state index contributed by atoms with van der Waals surface area (Å²) in [6, 6.07) is 11.7. The molecule has 0 heterocycles. The second-order valence-electron chi connectivity index (χ2n) is 7.40. The first-order chi connectivity index (χ1) is 15.4. The first-order valence-corrected chi connectivity index (χ1v) is 10.6. The summed E-state index contributed by atoms with van der Waals surface area (Å²) in [5, 5.41) is 23.4. The van der Waals surface area contributed by atoms with Gasteiger partial charge in [0.2, 0.25) is 0 Å². The predicted octanol–water partition coefficient (Wildman–Crippen LogP) is 3.58. The molecule has 4 N–H and O–H groups in total. The smallest absolute Gasteiger partial charge is 0.335 e. The van der Waals surface area contributed by atoms with E-state index in [1.165, 1.54) is 48.5 Å². The van der Waals surface area contributed by atoms with Crippen LogP contribution in [0.5, 0.6) is 0 Å². The zero-order valence-corrected chi connectivity index (χ0v) is 17.8. The van der Waals surface area contributed by atoms with Crippen LogP contribution in [-0.2, 0) is 0 Å². The van der Waals surface area contributed by atoms with Gasteiger partial charge in [0.25, 0.3) is 11.8 Å². The molecule has 0 fully saturated rings. The highest BCUT2D eigenvalue weighted by atomic mass is 16.4. The quantitative estimate of drug-likeness (QED) is 0.352. The van der Waals surface area contributed by atoms with Gasteiger partial charge in [-0.2, -0.15) is 0 Å². The maximum absolute atomic E-state index is 12.0. The highest BCUT2D eigenvalue weighted by Gasteiger charge is 2.08. The lowest BCUT2D eigenvalue weighted by Crippen LogP contribution is -2.24. The van der Waals surface area contributed by atoms with Crippen molar-refractivity contribution in [2.75, 3.05) is 13.1 Å². The molecule has 2 aromatic carbocycles. The van der Waals surface area contributed by atoms with E-state index in [4.69, 9.17) is 10.2 Å². The van der Waals surface area contributed by atoms with Gasteiger partial charge in [-0.3, -0.25) is 9.59 Å². The van der Waals surface area contributed by atoms with Gasteiger partial charge in [-0.15, -0.1) is 0 Å². The second kappa shape index (κ2) is 12.9. The highest BCUT2D eigenvalue weighted by Crippen LogP contribution is 2.07. The summed E-state index contributed by atoms with van der Waals surface area (Å²) < 4.78 is 0. The molecular formula is C24H28N2O6. The second-order valence-corrected chi connectivity index (χ2v) is 7.40. The van der Waals surface area contributed by atoms with Crippen LogP contribution in [0.15, 0.2) is 48.5 Å². The van der Waals surface area contributed by atoms with Crippen LogP contribution in [0.4, 0.5) is 0 Å². The van der Waals surface area contributed by atoms with Crippen LogP contribution in [0.2, 0.25) is 0 Å². The molecule has 170 valence electrons. The number of hydrogen-bond donors (Lipinski definition) is 4. The Morgan fingerprint density at radius 1 is 0.500 bits per heavy atom. The van der Waals surface area contributed by atoms with Crippen LogP contribution < -0.4 is 10.6 Å². The fourth-order valence-corrected chi connectivity index (χ4v) is 3.09. The summed E-state index contributed by atoms with van der Waals surface area (Å²) in [4.78, 5) is 45.7. The first kappa shape index (κ1) is 24.6. The number of rotatable bonds is 13. The average Bonchev–Trinajstić information content (AvgIpc) is 2.80. The predicted molar refractivity (Wildman–Crippen MR) is 119 cm³/mol. The summed E-state index contributed by atoms with van der Waals surface area (Å²) in [5.74, 6) is -2.47. The van der Waals surface area contributed by atoms with E-state index in [0.29, 0.717) is 24.2 Å². The van der Waals surface area contributed by atoms with Gasteiger partial charge in [0.15, 0.2) is 0 Å². The SMILES string of the molecule is O=C(O)c1ccc(C(=O)NCCCCCCCCNC(=O)c2ccc(C(=O)O)cc2)cc1. The van der Waals surface area contributed by atoms with E-state index in [0.717, 1.165) is 38.5 Å². The molecule has 0 radical (unpaired) electrons. The monoisotopic (exact) mass is 440 g/mol. The molecule has 0 spiro atoms. The minimum Gasteiger partial charge on any atom is -0.478 e. The van der Waals surface area contributed by atoms with Crippen molar-refractivity contribution in [3.8, 4) is 0 Å². The van der Waals surface area contributed by atoms with Crippen LogP contribution in [-0.4, -0.2) is 47.1 Å². The highest BCUT2D eigenvalue weighted by molar-refractivity contribution is 5.96. The molecule has 2 aromatic rings. The lowest BCUT2D eigenvalue weighted by molar-refractivity contribution is 0.0686. The molecule has 8 heteroatoms. The number of carboxylic acid groups (broad SMARTS) is 2. The summed E-state index contributed by atoms with van der Waals surface area (Å²) >= 11 is 0. The standard InChI is InChI=1S/C24H28N2O6/c27-21(17-7-11-19(12-8-17)23(29)30)25-15-5-3-1-2-4-6-16-26-22(28)18-9-13-20(14-10-18)24(31)32/h7-14H,1-6,15-16H2,(H,25,27)(H,26,28)(H,29,30)(H,31,32). The van der Waals surface area contributed by atoms with E-state index < -0.39 is 11.9 Å². The Morgan fingerprint density at radius 2 is 0.781 bits per heavy atom. The Kier molecular flexibility index (Phi) is 9.90. The van der Waals surface area contributed by atoms with E-state index in [2.05, 4.69) is 10.6 Å². The Bertz CT molecular complexity index is 845. The largest absolute Gasteiger partial charge is 0.478 e. The zero-order chi connectivity index (χ0) is 23.3. The number of amides is 2. The molecule has 0 aliphatic rings. The maximum atomic E-state index is 12.0. The molecule has 0 saturated carbocycles. The van der Waals surface area contributed by atoms with Gasteiger partial charge >= 0.3 is 11.9 Å². The number of hydrogen-bond acceptors (Lipinski definition) is 4. The van der Waals surface area contributed by atoms with Crippen molar-refractivity contribution < 1.29 is 29.4 Å². The Labute approximate surface area is 186 Å². The summed E-state index contributed by atoms with van der Waals surface area (Å²) in [6.07, 6.45) is 5.77. The summed E-state index contributed by atoms with van der Waals surface area (Å²) in [7, 11) is 0. The first-order valence-electron chi connectivity index (χ1n) is 10.6. The normalized spacial score (nSPS) is 10.4. The molecule has 32 heavy (non-hydrogen) atoms. The van der Waals surface area contributed by atoms with Crippen molar-refractivity contribution in [2.24, 2.45) is 0 Å². The number of carbonyl (C=O) groups excluding carboxylic acids is 2. The maximum Gasteiger partial charge on any atom is 0.335 e. The van der Waals surface area contributed by atoms with Crippen molar-refractivity contribution in [1.29, 1.82) is 0 Å². The van der Waals surface area contributed by atoms with E-state index in [-0.39, 0.29) is 22.9 Å². The van der Waals surface area contributed by atoms with Crippen molar-refractivity contribution in [3.05, 3.63) is 70.8 Å². The van der Waals surface area contributed by atoms with E-state index in [1.807, 2.05) is 0 Å². The van der Waals surface area contributed by atoms with Crippen molar-refractivity contribution in [3.63, 3.8) is 0 Å². The molecule has 8 nitrogen and oxygen atoms in total. The summed E-state index contributed by atoms with van der Waals surface area (Å²) in [6.45, 7) is 1.13. The van der Waals surface area contributed by atoms with Crippen LogP contribution in [0.25, 0.3) is 0 Å². The van der Waals surface area contributed by atoms with Crippen molar-refractivity contribution >= 4 is 23.8 Å². The van der Waals surface area contributed by atoms with Crippen molar-refractivity contribution in [1.82, 2.24) is 10.6 Å².